The number of rotatable bonds is 1. The molecule has 0 spiro atoms. The fourth-order valence-corrected chi connectivity index (χ4v) is 2.83. The molecule has 116 valence electrons. The predicted molar refractivity (Wildman–Crippen MR) is 82.0 cm³/mol. The second kappa shape index (κ2) is 5.68. The fourth-order valence-electron chi connectivity index (χ4n) is 2.83. The van der Waals surface area contributed by atoms with Crippen molar-refractivity contribution in [2.75, 3.05) is 6.54 Å². The summed E-state index contributed by atoms with van der Waals surface area (Å²) in [4.78, 5) is 13.9. The first-order valence-corrected chi connectivity index (χ1v) is 7.49. The molecular formula is C17H25NO3. The number of ether oxygens (including phenoxy) is 1. The third-order valence-electron chi connectivity index (χ3n) is 3.87. The van der Waals surface area contributed by atoms with Gasteiger partial charge in [0.1, 0.15) is 5.60 Å². The van der Waals surface area contributed by atoms with E-state index < -0.39 is 11.2 Å². The Balaban J connectivity index is 2.07. The van der Waals surface area contributed by atoms with Crippen molar-refractivity contribution in [3.63, 3.8) is 0 Å². The molecule has 0 radical (unpaired) electrons. The van der Waals surface area contributed by atoms with Gasteiger partial charge in [0.2, 0.25) is 0 Å². The van der Waals surface area contributed by atoms with Gasteiger partial charge < -0.3 is 14.7 Å². The maximum atomic E-state index is 12.2. The molecule has 21 heavy (non-hydrogen) atoms. The summed E-state index contributed by atoms with van der Waals surface area (Å²) in [7, 11) is 0. The highest BCUT2D eigenvalue weighted by atomic mass is 16.6. The lowest BCUT2D eigenvalue weighted by molar-refractivity contribution is -0.0546. The first kappa shape index (κ1) is 15.8. The average Bonchev–Trinajstić information content (AvgIpc) is 2.37. The van der Waals surface area contributed by atoms with Crippen molar-refractivity contribution < 1.29 is 14.6 Å². The van der Waals surface area contributed by atoms with Gasteiger partial charge in [0.15, 0.2) is 0 Å². The number of hydrogen-bond donors (Lipinski definition) is 1. The topological polar surface area (TPSA) is 49.8 Å². The molecule has 0 saturated carbocycles. The molecule has 1 aliphatic heterocycles. The monoisotopic (exact) mass is 291 g/mol. The molecular weight excluding hydrogens is 266 g/mol. The minimum atomic E-state index is -0.862. The zero-order valence-electron chi connectivity index (χ0n) is 13.3. The molecule has 1 N–H and O–H groups in total. The van der Waals surface area contributed by atoms with Crippen molar-refractivity contribution in [1.29, 1.82) is 0 Å². The summed E-state index contributed by atoms with van der Waals surface area (Å²) in [6.45, 7) is 8.04. The van der Waals surface area contributed by atoms with Crippen LogP contribution < -0.4 is 0 Å². The van der Waals surface area contributed by atoms with Crippen LogP contribution in [0.1, 0.15) is 46.1 Å². The average molecular weight is 291 g/mol. The quantitative estimate of drug-likeness (QED) is 0.863. The summed E-state index contributed by atoms with van der Waals surface area (Å²) < 4.78 is 5.43. The highest BCUT2D eigenvalue weighted by molar-refractivity contribution is 5.68. The van der Waals surface area contributed by atoms with Crippen LogP contribution in [-0.4, -0.2) is 34.3 Å². The van der Waals surface area contributed by atoms with E-state index in [0.29, 0.717) is 19.4 Å². The third kappa shape index (κ3) is 3.76. The maximum Gasteiger partial charge on any atom is 0.410 e. The fraction of sp³-hybridized carbons (Fsp3) is 0.588. The Hall–Kier alpha value is -1.55. The van der Waals surface area contributed by atoms with E-state index in [9.17, 15) is 9.90 Å². The van der Waals surface area contributed by atoms with Gasteiger partial charge in [-0.25, -0.2) is 4.79 Å². The molecule has 0 bridgehead atoms. The van der Waals surface area contributed by atoms with E-state index in [0.717, 1.165) is 5.56 Å². The number of nitrogens with zero attached hydrogens (tertiary/aromatic N) is 1. The number of amides is 1. The van der Waals surface area contributed by atoms with Crippen LogP contribution in [0.5, 0.6) is 0 Å². The minimum Gasteiger partial charge on any atom is -0.444 e. The van der Waals surface area contributed by atoms with E-state index in [-0.39, 0.29) is 12.1 Å². The molecule has 4 nitrogen and oxygen atoms in total. The van der Waals surface area contributed by atoms with Crippen LogP contribution in [0.2, 0.25) is 0 Å². The predicted octanol–water partition coefficient (Wildman–Crippen LogP) is 3.29. The first-order chi connectivity index (χ1) is 9.71. The number of benzene rings is 1. The van der Waals surface area contributed by atoms with Crippen molar-refractivity contribution in [3.05, 3.63) is 35.9 Å². The lowest BCUT2D eigenvalue weighted by Crippen LogP contribution is -2.51. The van der Waals surface area contributed by atoms with Crippen molar-refractivity contribution in [2.45, 2.75) is 57.8 Å². The third-order valence-corrected chi connectivity index (χ3v) is 3.87. The Morgan fingerprint density at radius 2 is 1.95 bits per heavy atom. The number of hydrogen-bond acceptors (Lipinski definition) is 3. The number of carbonyl (C=O) groups excluding carboxylic acids is 1. The molecule has 0 aliphatic carbocycles. The summed E-state index contributed by atoms with van der Waals surface area (Å²) in [6.07, 6.45) is 0.752. The Bertz CT molecular complexity index is 495. The van der Waals surface area contributed by atoms with Gasteiger partial charge in [-0.1, -0.05) is 30.3 Å². The van der Waals surface area contributed by atoms with Gasteiger partial charge in [-0.2, -0.15) is 0 Å². The van der Waals surface area contributed by atoms with Crippen LogP contribution in [0.3, 0.4) is 0 Å². The molecule has 2 unspecified atom stereocenters. The van der Waals surface area contributed by atoms with Crippen LogP contribution >= 0.6 is 0 Å². The number of aliphatic hydroxyl groups is 1. The Labute approximate surface area is 126 Å². The van der Waals surface area contributed by atoms with Crippen molar-refractivity contribution >= 4 is 6.09 Å². The first-order valence-electron chi connectivity index (χ1n) is 7.49. The summed E-state index contributed by atoms with van der Waals surface area (Å²) in [5.41, 5.74) is -0.441. The molecule has 1 fully saturated rings. The molecule has 2 rings (SSSR count). The second-order valence-corrected chi connectivity index (χ2v) is 6.87. The molecule has 1 heterocycles. The molecule has 1 amide bonds. The maximum absolute atomic E-state index is 12.2. The SMILES string of the molecule is CC1CC(O)(c2ccccc2)CCN1C(=O)OC(C)(C)C. The highest BCUT2D eigenvalue weighted by Crippen LogP contribution is 2.36. The number of likely N-dealkylation sites (tertiary alicyclic amines) is 1. The van der Waals surface area contributed by atoms with Crippen molar-refractivity contribution in [3.8, 4) is 0 Å². The Morgan fingerprint density at radius 1 is 1.33 bits per heavy atom. The molecule has 1 saturated heterocycles. The smallest absolute Gasteiger partial charge is 0.410 e. The van der Waals surface area contributed by atoms with E-state index in [1.165, 1.54) is 0 Å². The zero-order valence-corrected chi connectivity index (χ0v) is 13.3. The molecule has 1 aromatic carbocycles. The van der Waals surface area contributed by atoms with Crippen LogP contribution in [-0.2, 0) is 10.3 Å². The summed E-state index contributed by atoms with van der Waals surface area (Å²) in [6, 6.07) is 9.62. The summed E-state index contributed by atoms with van der Waals surface area (Å²) in [5.74, 6) is 0. The lowest BCUT2D eigenvalue weighted by atomic mass is 9.81. The largest absolute Gasteiger partial charge is 0.444 e. The lowest BCUT2D eigenvalue weighted by Gasteiger charge is -2.43. The number of carbonyl (C=O) groups is 1. The standard InChI is InChI=1S/C17H25NO3/c1-13-12-17(20,14-8-6-5-7-9-14)10-11-18(13)15(19)21-16(2,3)4/h5-9,13,20H,10-12H2,1-4H3. The van der Waals surface area contributed by atoms with Crippen LogP contribution in [0, 0.1) is 0 Å². The van der Waals surface area contributed by atoms with Gasteiger partial charge in [0.05, 0.1) is 5.60 Å². The van der Waals surface area contributed by atoms with Crippen molar-refractivity contribution in [2.24, 2.45) is 0 Å². The van der Waals surface area contributed by atoms with Gasteiger partial charge in [0, 0.05) is 19.0 Å². The molecule has 2 atom stereocenters. The van der Waals surface area contributed by atoms with E-state index >= 15 is 0 Å². The zero-order chi connectivity index (χ0) is 15.7. The summed E-state index contributed by atoms with van der Waals surface area (Å²) in [5, 5.41) is 10.9. The van der Waals surface area contributed by atoms with Crippen LogP contribution in [0.4, 0.5) is 4.79 Å². The second-order valence-electron chi connectivity index (χ2n) is 6.87. The Kier molecular flexibility index (Phi) is 4.28. The van der Waals surface area contributed by atoms with Crippen molar-refractivity contribution in [1.82, 2.24) is 4.90 Å². The molecule has 4 heteroatoms. The molecule has 1 aliphatic rings. The number of piperidine rings is 1. The van der Waals surface area contributed by atoms with Crippen LogP contribution in [0.25, 0.3) is 0 Å². The molecule has 1 aromatic rings. The van der Waals surface area contributed by atoms with Crippen LogP contribution in [0.15, 0.2) is 30.3 Å². The van der Waals surface area contributed by atoms with E-state index in [1.54, 1.807) is 4.90 Å². The van der Waals surface area contributed by atoms with E-state index in [1.807, 2.05) is 58.0 Å². The molecule has 0 aromatic heterocycles. The van der Waals surface area contributed by atoms with Gasteiger partial charge in [-0.3, -0.25) is 0 Å². The van der Waals surface area contributed by atoms with Gasteiger partial charge in [0.25, 0.3) is 0 Å². The Morgan fingerprint density at radius 3 is 2.48 bits per heavy atom. The van der Waals surface area contributed by atoms with E-state index in [4.69, 9.17) is 4.74 Å². The van der Waals surface area contributed by atoms with Gasteiger partial charge in [-0.05, 0) is 39.7 Å². The normalized spacial score (nSPS) is 26.5. The van der Waals surface area contributed by atoms with Gasteiger partial charge >= 0.3 is 6.09 Å². The minimum absolute atomic E-state index is 0.0567. The summed E-state index contributed by atoms with van der Waals surface area (Å²) >= 11 is 0. The van der Waals surface area contributed by atoms with Gasteiger partial charge in [-0.15, -0.1) is 0 Å². The van der Waals surface area contributed by atoms with E-state index in [2.05, 4.69) is 0 Å². The highest BCUT2D eigenvalue weighted by Gasteiger charge is 2.40.